The van der Waals surface area contributed by atoms with Gasteiger partial charge in [-0.3, -0.25) is 4.79 Å². The summed E-state index contributed by atoms with van der Waals surface area (Å²) in [6.07, 6.45) is -3.47. The summed E-state index contributed by atoms with van der Waals surface area (Å²) in [5.41, 5.74) is 2.60. The van der Waals surface area contributed by atoms with E-state index in [4.69, 9.17) is 0 Å². The molecule has 2 rings (SSSR count). The number of fused-ring (bicyclic) bond motifs is 1. The molecule has 0 spiro atoms. The highest BCUT2D eigenvalue weighted by Gasteiger charge is 2.27. The Hall–Kier alpha value is -1.47. The smallest absolute Gasteiger partial charge is 0.384 e. The van der Waals surface area contributed by atoms with E-state index < -0.39 is 12.8 Å². The molecule has 0 saturated carbocycles. The molecule has 0 aliphatic carbocycles. The Bertz CT molecular complexity index is 495. The molecule has 0 unspecified atom stereocenters. The number of anilines is 1. The number of benzene rings is 1. The Balaban J connectivity index is 0.00000220. The number of carbonyl (C=O) groups excluding carboxylic acids is 1. The fourth-order valence-corrected chi connectivity index (χ4v) is 1.97. The third kappa shape index (κ3) is 5.43. The highest BCUT2D eigenvalue weighted by molar-refractivity contribution is 5.95. The minimum absolute atomic E-state index is 0. The molecule has 1 aliphatic heterocycles. The second-order valence-corrected chi connectivity index (χ2v) is 4.47. The van der Waals surface area contributed by atoms with Gasteiger partial charge >= 0.3 is 6.18 Å². The first-order chi connectivity index (χ1) is 9.46. The standard InChI is InChI=1S/C13H15F3N2O2.ClH/c14-13(15,16)8-20-6-5-18-12(19)10-1-2-11-9(7-10)3-4-17-11;/h1-2,7,17H,3-6,8H2,(H,18,19);1H. The molecule has 118 valence electrons. The molecule has 0 aromatic heterocycles. The quantitative estimate of drug-likeness (QED) is 0.818. The van der Waals surface area contributed by atoms with Crippen LogP contribution in [-0.2, 0) is 11.2 Å². The monoisotopic (exact) mass is 324 g/mol. The maximum absolute atomic E-state index is 11.8. The van der Waals surface area contributed by atoms with Crippen LogP contribution in [-0.4, -0.2) is 38.4 Å². The maximum atomic E-state index is 11.8. The van der Waals surface area contributed by atoms with Gasteiger partial charge in [-0.25, -0.2) is 0 Å². The number of halogens is 4. The van der Waals surface area contributed by atoms with Crippen LogP contribution in [0.1, 0.15) is 15.9 Å². The Kier molecular flexibility index (Phi) is 6.29. The molecule has 1 heterocycles. The topological polar surface area (TPSA) is 50.4 Å². The van der Waals surface area contributed by atoms with Crippen molar-refractivity contribution >= 4 is 24.0 Å². The van der Waals surface area contributed by atoms with Crippen LogP contribution in [0, 0.1) is 0 Å². The lowest BCUT2D eigenvalue weighted by Gasteiger charge is -2.09. The molecule has 0 bridgehead atoms. The fraction of sp³-hybridized carbons (Fsp3) is 0.462. The SMILES string of the molecule is Cl.O=C(NCCOCC(F)(F)F)c1ccc2c(c1)CCN2. The normalized spacial score (nSPS) is 13.1. The van der Waals surface area contributed by atoms with Crippen molar-refractivity contribution in [3.05, 3.63) is 29.3 Å². The number of nitrogens with one attached hydrogen (secondary N) is 2. The van der Waals surface area contributed by atoms with E-state index in [0.717, 1.165) is 24.2 Å². The molecule has 1 amide bonds. The lowest BCUT2D eigenvalue weighted by atomic mass is 10.1. The largest absolute Gasteiger partial charge is 0.411 e. The van der Waals surface area contributed by atoms with Gasteiger partial charge in [0.1, 0.15) is 6.61 Å². The summed E-state index contributed by atoms with van der Waals surface area (Å²) in [7, 11) is 0. The van der Waals surface area contributed by atoms with Crippen molar-refractivity contribution in [1.82, 2.24) is 5.32 Å². The Labute approximate surface area is 126 Å². The second kappa shape index (κ2) is 7.51. The third-order valence-electron chi connectivity index (χ3n) is 2.87. The molecule has 0 saturated heterocycles. The number of amides is 1. The van der Waals surface area contributed by atoms with E-state index in [2.05, 4.69) is 15.4 Å². The summed E-state index contributed by atoms with van der Waals surface area (Å²) >= 11 is 0. The van der Waals surface area contributed by atoms with Crippen molar-refractivity contribution in [2.24, 2.45) is 0 Å². The minimum Gasteiger partial charge on any atom is -0.384 e. The minimum atomic E-state index is -4.34. The van der Waals surface area contributed by atoms with E-state index in [0.29, 0.717) is 5.56 Å². The van der Waals surface area contributed by atoms with Crippen LogP contribution in [0.15, 0.2) is 18.2 Å². The van der Waals surface area contributed by atoms with Gasteiger partial charge in [-0.2, -0.15) is 13.2 Å². The molecule has 8 heteroatoms. The van der Waals surface area contributed by atoms with Crippen LogP contribution in [0.25, 0.3) is 0 Å². The molecule has 1 aromatic rings. The Morgan fingerprint density at radius 2 is 2.14 bits per heavy atom. The predicted octanol–water partition coefficient (Wildman–Crippen LogP) is 2.39. The van der Waals surface area contributed by atoms with E-state index in [-0.39, 0.29) is 31.5 Å². The number of ether oxygens (including phenoxy) is 1. The van der Waals surface area contributed by atoms with Crippen LogP contribution in [0.2, 0.25) is 0 Å². The van der Waals surface area contributed by atoms with E-state index in [1.54, 1.807) is 12.1 Å². The second-order valence-electron chi connectivity index (χ2n) is 4.47. The maximum Gasteiger partial charge on any atom is 0.411 e. The summed E-state index contributed by atoms with van der Waals surface area (Å²) in [5.74, 6) is -0.310. The molecular formula is C13H16ClF3N2O2. The lowest BCUT2D eigenvalue weighted by molar-refractivity contribution is -0.173. The Morgan fingerprint density at radius 1 is 1.38 bits per heavy atom. The zero-order chi connectivity index (χ0) is 14.6. The molecule has 1 aliphatic rings. The average molecular weight is 325 g/mol. The average Bonchev–Trinajstić information content (AvgIpc) is 2.83. The zero-order valence-corrected chi connectivity index (χ0v) is 11.9. The number of carbonyl (C=O) groups is 1. The fourth-order valence-electron chi connectivity index (χ4n) is 1.97. The van der Waals surface area contributed by atoms with E-state index in [1.807, 2.05) is 6.07 Å². The van der Waals surface area contributed by atoms with Crippen molar-refractivity contribution in [3.8, 4) is 0 Å². The molecule has 1 aromatic carbocycles. The van der Waals surface area contributed by atoms with E-state index in [1.165, 1.54) is 0 Å². The summed E-state index contributed by atoms with van der Waals surface area (Å²) in [5, 5.41) is 5.71. The first-order valence-corrected chi connectivity index (χ1v) is 6.25. The predicted molar refractivity (Wildman–Crippen MR) is 75.1 cm³/mol. The van der Waals surface area contributed by atoms with Crippen molar-refractivity contribution in [2.45, 2.75) is 12.6 Å². The summed E-state index contributed by atoms with van der Waals surface area (Å²) in [6.45, 7) is -0.568. The van der Waals surface area contributed by atoms with Gasteiger partial charge in [0, 0.05) is 24.3 Å². The van der Waals surface area contributed by atoms with Crippen molar-refractivity contribution in [3.63, 3.8) is 0 Å². The molecule has 0 radical (unpaired) electrons. The number of hydrogen-bond donors (Lipinski definition) is 2. The highest BCUT2D eigenvalue weighted by atomic mass is 35.5. The molecule has 0 atom stereocenters. The van der Waals surface area contributed by atoms with Crippen molar-refractivity contribution in [1.29, 1.82) is 0 Å². The van der Waals surface area contributed by atoms with Gasteiger partial charge in [-0.1, -0.05) is 0 Å². The number of hydrogen-bond acceptors (Lipinski definition) is 3. The molecule has 21 heavy (non-hydrogen) atoms. The van der Waals surface area contributed by atoms with Gasteiger partial charge in [0.2, 0.25) is 0 Å². The van der Waals surface area contributed by atoms with Gasteiger partial charge in [0.15, 0.2) is 0 Å². The van der Waals surface area contributed by atoms with Crippen LogP contribution in [0.3, 0.4) is 0 Å². The summed E-state index contributed by atoms with van der Waals surface area (Å²) < 4.78 is 39.9. The molecule has 2 N–H and O–H groups in total. The Morgan fingerprint density at radius 3 is 2.86 bits per heavy atom. The number of rotatable bonds is 5. The lowest BCUT2D eigenvalue weighted by Crippen LogP contribution is -2.28. The van der Waals surface area contributed by atoms with Gasteiger partial charge in [-0.15, -0.1) is 12.4 Å². The first kappa shape index (κ1) is 17.6. The van der Waals surface area contributed by atoms with Gasteiger partial charge < -0.3 is 15.4 Å². The van der Waals surface area contributed by atoms with Gasteiger partial charge in [0.05, 0.1) is 6.61 Å². The first-order valence-electron chi connectivity index (χ1n) is 6.25. The van der Waals surface area contributed by atoms with E-state index >= 15 is 0 Å². The van der Waals surface area contributed by atoms with Crippen molar-refractivity contribution in [2.75, 3.05) is 31.6 Å². The molecular weight excluding hydrogens is 309 g/mol. The van der Waals surface area contributed by atoms with Crippen LogP contribution < -0.4 is 10.6 Å². The number of alkyl halides is 3. The van der Waals surface area contributed by atoms with Crippen LogP contribution in [0.4, 0.5) is 18.9 Å². The zero-order valence-electron chi connectivity index (χ0n) is 11.1. The summed E-state index contributed by atoms with van der Waals surface area (Å²) in [4.78, 5) is 11.8. The third-order valence-corrected chi connectivity index (χ3v) is 2.87. The van der Waals surface area contributed by atoms with Crippen LogP contribution >= 0.6 is 12.4 Å². The molecule has 0 fully saturated rings. The summed E-state index contributed by atoms with van der Waals surface area (Å²) in [6, 6.07) is 5.31. The van der Waals surface area contributed by atoms with Gasteiger partial charge in [-0.05, 0) is 30.2 Å². The van der Waals surface area contributed by atoms with Crippen molar-refractivity contribution < 1.29 is 22.7 Å². The van der Waals surface area contributed by atoms with Gasteiger partial charge in [0.25, 0.3) is 5.91 Å². The van der Waals surface area contributed by atoms with Crippen LogP contribution in [0.5, 0.6) is 0 Å². The van der Waals surface area contributed by atoms with E-state index in [9.17, 15) is 18.0 Å². The highest BCUT2D eigenvalue weighted by Crippen LogP contribution is 2.22. The molecule has 4 nitrogen and oxygen atoms in total.